The Morgan fingerprint density at radius 1 is 1.39 bits per heavy atom. The Labute approximate surface area is 147 Å². The molecule has 0 saturated carbocycles. The van der Waals surface area contributed by atoms with Gasteiger partial charge < -0.3 is 4.90 Å². The van der Waals surface area contributed by atoms with Crippen LogP contribution in [0.15, 0.2) is 29.5 Å². The molecule has 0 aliphatic heterocycles. The highest BCUT2D eigenvalue weighted by Crippen LogP contribution is 2.34. The van der Waals surface area contributed by atoms with Crippen molar-refractivity contribution in [3.63, 3.8) is 0 Å². The van der Waals surface area contributed by atoms with Crippen LogP contribution in [0, 0.1) is 6.92 Å². The van der Waals surface area contributed by atoms with E-state index >= 15 is 0 Å². The van der Waals surface area contributed by atoms with Crippen LogP contribution in [-0.4, -0.2) is 34.5 Å². The number of hydrogen-bond donors (Lipinski definition) is 0. The molecule has 23 heavy (non-hydrogen) atoms. The molecule has 0 spiro atoms. The Morgan fingerprint density at radius 2 is 2.22 bits per heavy atom. The van der Waals surface area contributed by atoms with Crippen LogP contribution in [0.1, 0.15) is 32.4 Å². The van der Waals surface area contributed by atoms with Crippen LogP contribution in [-0.2, 0) is 0 Å². The van der Waals surface area contributed by atoms with E-state index in [2.05, 4.69) is 42.7 Å². The van der Waals surface area contributed by atoms with Crippen molar-refractivity contribution in [2.45, 2.75) is 33.6 Å². The van der Waals surface area contributed by atoms with E-state index in [4.69, 9.17) is 4.98 Å². The van der Waals surface area contributed by atoms with Gasteiger partial charge in [-0.1, -0.05) is 36.4 Å². The maximum Gasteiger partial charge on any atom is 0.164 e. The molecule has 4 nitrogen and oxygen atoms in total. The lowest BCUT2D eigenvalue weighted by atomic mass is 10.3. The van der Waals surface area contributed by atoms with E-state index in [-0.39, 0.29) is 0 Å². The van der Waals surface area contributed by atoms with E-state index in [0.29, 0.717) is 0 Å². The van der Waals surface area contributed by atoms with Crippen LogP contribution in [0.5, 0.6) is 0 Å². The summed E-state index contributed by atoms with van der Waals surface area (Å²) >= 11 is 3.52. The summed E-state index contributed by atoms with van der Waals surface area (Å²) in [5.41, 5.74) is 2.10. The third-order valence-corrected chi connectivity index (χ3v) is 5.73. The van der Waals surface area contributed by atoms with Crippen LogP contribution in [0.2, 0.25) is 0 Å². The van der Waals surface area contributed by atoms with Gasteiger partial charge in [0.1, 0.15) is 10.0 Å². The molecule has 2 aromatic heterocycles. The fraction of sp³-hybridized carbons (Fsp3) is 0.471. The quantitative estimate of drug-likeness (QED) is 0.425. The first-order valence-corrected chi connectivity index (χ1v) is 9.76. The summed E-state index contributed by atoms with van der Waals surface area (Å²) in [7, 11) is 2.08. The molecule has 0 radical (unpaired) electrons. The average Bonchev–Trinajstić information content (AvgIpc) is 2.96. The van der Waals surface area contributed by atoms with Crippen molar-refractivity contribution < 1.29 is 0 Å². The second-order valence-electron chi connectivity index (χ2n) is 5.17. The summed E-state index contributed by atoms with van der Waals surface area (Å²) in [4.78, 5) is 15.7. The molecule has 124 valence electrons. The number of aryl methyl sites for hydroxylation is 1. The van der Waals surface area contributed by atoms with E-state index in [0.717, 1.165) is 38.7 Å². The normalized spacial score (nSPS) is 11.7. The highest BCUT2D eigenvalue weighted by molar-refractivity contribution is 8.14. The second-order valence-corrected chi connectivity index (χ2v) is 7.21. The fourth-order valence-electron chi connectivity index (χ4n) is 2.09. The van der Waals surface area contributed by atoms with Crippen LogP contribution < -0.4 is 4.90 Å². The largest absolute Gasteiger partial charge is 0.314 e. The monoisotopic (exact) mass is 348 g/mol. The molecule has 2 aromatic rings. The molecule has 0 aliphatic rings. The number of unbranched alkanes of at least 4 members (excludes halogenated alkanes) is 1. The number of aliphatic imine (C=N–C) groups is 1. The van der Waals surface area contributed by atoms with E-state index in [9.17, 15) is 0 Å². The zero-order valence-corrected chi connectivity index (χ0v) is 15.9. The lowest BCUT2D eigenvalue weighted by molar-refractivity contribution is 0.898. The number of thioether (sulfide) groups is 1. The number of hydrogen-bond acceptors (Lipinski definition) is 5. The van der Waals surface area contributed by atoms with Crippen LogP contribution in [0.25, 0.3) is 10.6 Å². The third kappa shape index (κ3) is 4.78. The maximum absolute atomic E-state index is 4.71. The lowest BCUT2D eigenvalue weighted by Gasteiger charge is -2.19. The van der Waals surface area contributed by atoms with Crippen LogP contribution in [0.4, 0.5) is 5.00 Å². The molecule has 2 heterocycles. The third-order valence-electron chi connectivity index (χ3n) is 3.29. The minimum atomic E-state index is 0.798. The summed E-state index contributed by atoms with van der Waals surface area (Å²) in [6.45, 7) is 7.15. The molecule has 0 aromatic carbocycles. The van der Waals surface area contributed by atoms with Crippen LogP contribution in [0.3, 0.4) is 0 Å². The minimum absolute atomic E-state index is 0.798. The molecule has 2 rings (SSSR count). The van der Waals surface area contributed by atoms with Crippen molar-refractivity contribution in [1.29, 1.82) is 0 Å². The zero-order chi connectivity index (χ0) is 16.7. The second kappa shape index (κ2) is 9.03. The molecule has 0 N–H and O–H groups in total. The van der Waals surface area contributed by atoms with Gasteiger partial charge in [0.15, 0.2) is 5.17 Å². The Balaban J connectivity index is 2.22. The van der Waals surface area contributed by atoms with Crippen molar-refractivity contribution >= 4 is 33.3 Å². The summed E-state index contributed by atoms with van der Waals surface area (Å²) in [6, 6.07) is 3.99. The Bertz CT molecular complexity index is 637. The Kier molecular flexibility index (Phi) is 7.05. The standard InChI is InChI=1S/C17H24N4S2/c1-5-7-11-22-17(19-6-2)21(4)16-13(3)20-15(23-16)14-9-8-10-18-12-14/h8-10,12H,5-7,11H2,1-4H3. The number of rotatable bonds is 6. The molecular weight excluding hydrogens is 324 g/mol. The lowest BCUT2D eigenvalue weighted by Crippen LogP contribution is -2.24. The van der Waals surface area contributed by atoms with E-state index in [1.165, 1.54) is 12.8 Å². The van der Waals surface area contributed by atoms with Gasteiger partial charge in [0.25, 0.3) is 0 Å². The van der Waals surface area contributed by atoms with Gasteiger partial charge in [0.2, 0.25) is 0 Å². The number of aromatic nitrogens is 2. The van der Waals surface area contributed by atoms with Crippen molar-refractivity contribution in [2.24, 2.45) is 4.99 Å². The predicted octanol–water partition coefficient (Wildman–Crippen LogP) is 4.86. The van der Waals surface area contributed by atoms with Crippen LogP contribution >= 0.6 is 23.1 Å². The summed E-state index contributed by atoms with van der Waals surface area (Å²) < 4.78 is 0. The molecule has 0 aliphatic carbocycles. The van der Waals surface area contributed by atoms with E-state index in [1.807, 2.05) is 30.1 Å². The van der Waals surface area contributed by atoms with Gasteiger partial charge in [0, 0.05) is 37.3 Å². The molecule has 0 fully saturated rings. The van der Waals surface area contributed by atoms with Gasteiger partial charge >= 0.3 is 0 Å². The molecule has 0 atom stereocenters. The van der Waals surface area contributed by atoms with Crippen molar-refractivity contribution in [1.82, 2.24) is 9.97 Å². The SMILES string of the molecule is CCCCSC(=NCC)N(C)c1sc(-c2cccnc2)nc1C. The number of thiazole rings is 1. The molecule has 0 amide bonds. The maximum atomic E-state index is 4.71. The predicted molar refractivity (Wildman–Crippen MR) is 104 cm³/mol. The number of pyridine rings is 1. The fourth-order valence-corrected chi connectivity index (χ4v) is 4.29. The summed E-state index contributed by atoms with van der Waals surface area (Å²) in [6.07, 6.45) is 6.07. The number of nitrogens with zero attached hydrogens (tertiary/aromatic N) is 4. The number of anilines is 1. The van der Waals surface area contributed by atoms with Gasteiger partial charge in [-0.05, 0) is 32.4 Å². The van der Waals surface area contributed by atoms with Gasteiger partial charge in [-0.15, -0.1) is 0 Å². The first kappa shape index (κ1) is 17.9. The molecule has 0 unspecified atom stereocenters. The summed E-state index contributed by atoms with van der Waals surface area (Å²) in [5, 5.41) is 3.23. The average molecular weight is 349 g/mol. The van der Waals surface area contributed by atoms with E-state index in [1.54, 1.807) is 17.5 Å². The van der Waals surface area contributed by atoms with Crippen molar-refractivity contribution in [2.75, 3.05) is 24.2 Å². The topological polar surface area (TPSA) is 41.4 Å². The Morgan fingerprint density at radius 3 is 2.87 bits per heavy atom. The summed E-state index contributed by atoms with van der Waals surface area (Å²) in [5.74, 6) is 1.10. The zero-order valence-electron chi connectivity index (χ0n) is 14.2. The van der Waals surface area contributed by atoms with Gasteiger partial charge in [-0.2, -0.15) is 0 Å². The van der Waals surface area contributed by atoms with Gasteiger partial charge in [0.05, 0.1) is 5.69 Å². The highest BCUT2D eigenvalue weighted by Gasteiger charge is 2.17. The molecular formula is C17H24N4S2. The highest BCUT2D eigenvalue weighted by atomic mass is 32.2. The number of amidine groups is 1. The van der Waals surface area contributed by atoms with Crippen molar-refractivity contribution in [3.8, 4) is 10.6 Å². The molecule has 0 bridgehead atoms. The smallest absolute Gasteiger partial charge is 0.164 e. The molecule has 6 heteroatoms. The first-order valence-electron chi connectivity index (χ1n) is 7.96. The van der Waals surface area contributed by atoms with Gasteiger partial charge in [-0.3, -0.25) is 9.98 Å². The Hall–Kier alpha value is -1.40. The van der Waals surface area contributed by atoms with Crippen molar-refractivity contribution in [3.05, 3.63) is 30.2 Å². The van der Waals surface area contributed by atoms with Gasteiger partial charge in [-0.25, -0.2) is 4.98 Å². The first-order chi connectivity index (χ1) is 11.2. The molecule has 0 saturated heterocycles. The minimum Gasteiger partial charge on any atom is -0.314 e. The van der Waals surface area contributed by atoms with E-state index < -0.39 is 0 Å².